The summed E-state index contributed by atoms with van der Waals surface area (Å²) in [5, 5.41) is 13.3. The predicted octanol–water partition coefficient (Wildman–Crippen LogP) is 2.96. The number of pyridine rings is 1. The van der Waals surface area contributed by atoms with Gasteiger partial charge in [-0.15, -0.1) is 0 Å². The minimum absolute atomic E-state index is 0.0897. The average molecular weight is 437 g/mol. The second-order valence-corrected chi connectivity index (χ2v) is 6.97. The van der Waals surface area contributed by atoms with Crippen LogP contribution in [0.3, 0.4) is 0 Å². The first-order valence-corrected chi connectivity index (χ1v) is 10.2. The number of rotatable bonds is 9. The average Bonchev–Trinajstić information content (AvgIpc) is 2.72. The van der Waals surface area contributed by atoms with Crippen molar-refractivity contribution in [3.8, 4) is 0 Å². The molecule has 1 aromatic carbocycles. The number of carbonyl (C=O) groups excluding carboxylic acids is 1. The Bertz CT molecular complexity index is 843. The van der Waals surface area contributed by atoms with Gasteiger partial charge in [0.1, 0.15) is 5.82 Å². The summed E-state index contributed by atoms with van der Waals surface area (Å²) in [4.78, 5) is 20.5. The number of amides is 1. The molecule has 7 nitrogen and oxygen atoms in total. The quantitative estimate of drug-likeness (QED) is 0.275. The zero-order chi connectivity index (χ0) is 21.1. The van der Waals surface area contributed by atoms with Crippen molar-refractivity contribution in [3.63, 3.8) is 0 Å². The van der Waals surface area contributed by atoms with Gasteiger partial charge in [-0.05, 0) is 37.1 Å². The number of guanidine groups is 1. The third kappa shape index (κ3) is 7.79. The van der Waals surface area contributed by atoms with Crippen LogP contribution in [0.15, 0.2) is 41.5 Å². The standard InChI is InChI=1S/C20H26Cl2N6O/c1-3-24-20(27-10-9-25-18-17(22)12-16(21)13-28-18)26-8-7-14-5-4-6-15(11-14)19(29)23-2/h4-6,11-13H,3,7-10H2,1-2H3,(H,23,29)(H,25,28)(H2,24,26,27). The molecule has 0 fully saturated rings. The minimum Gasteiger partial charge on any atom is -0.367 e. The van der Waals surface area contributed by atoms with Gasteiger partial charge in [0.05, 0.1) is 10.0 Å². The summed E-state index contributed by atoms with van der Waals surface area (Å²) in [7, 11) is 1.62. The van der Waals surface area contributed by atoms with Crippen LogP contribution in [0.25, 0.3) is 0 Å². The molecule has 9 heteroatoms. The molecule has 29 heavy (non-hydrogen) atoms. The number of anilines is 1. The zero-order valence-electron chi connectivity index (χ0n) is 16.6. The monoisotopic (exact) mass is 436 g/mol. The highest BCUT2D eigenvalue weighted by molar-refractivity contribution is 6.35. The van der Waals surface area contributed by atoms with Crippen LogP contribution in [0.4, 0.5) is 5.82 Å². The Labute approximate surface area is 181 Å². The molecule has 0 aliphatic heterocycles. The summed E-state index contributed by atoms with van der Waals surface area (Å²) in [5.74, 6) is 1.23. The molecule has 0 aliphatic carbocycles. The van der Waals surface area contributed by atoms with Crippen molar-refractivity contribution in [2.75, 3.05) is 38.5 Å². The predicted molar refractivity (Wildman–Crippen MR) is 120 cm³/mol. The zero-order valence-corrected chi connectivity index (χ0v) is 18.1. The first kappa shape index (κ1) is 22.8. The Morgan fingerprint density at radius 1 is 1.17 bits per heavy atom. The Morgan fingerprint density at radius 3 is 2.72 bits per heavy atom. The molecule has 2 rings (SSSR count). The van der Waals surface area contributed by atoms with Gasteiger partial charge in [0.2, 0.25) is 0 Å². The Hall–Kier alpha value is -2.51. The second kappa shape index (κ2) is 12.1. The van der Waals surface area contributed by atoms with Crippen molar-refractivity contribution < 1.29 is 4.79 Å². The van der Waals surface area contributed by atoms with E-state index >= 15 is 0 Å². The number of benzene rings is 1. The molecule has 0 saturated heterocycles. The number of aliphatic imine (C=N–C) groups is 1. The van der Waals surface area contributed by atoms with Crippen LogP contribution in [0, 0.1) is 0 Å². The molecule has 0 spiro atoms. The molecule has 1 aromatic heterocycles. The highest BCUT2D eigenvalue weighted by atomic mass is 35.5. The Balaban J connectivity index is 1.82. The van der Waals surface area contributed by atoms with Gasteiger partial charge >= 0.3 is 0 Å². The Kier molecular flexibility index (Phi) is 9.53. The number of nitrogens with one attached hydrogen (secondary N) is 4. The summed E-state index contributed by atoms with van der Waals surface area (Å²) in [6.07, 6.45) is 2.29. The molecule has 4 N–H and O–H groups in total. The van der Waals surface area contributed by atoms with E-state index in [0.717, 1.165) is 24.5 Å². The molecule has 0 unspecified atom stereocenters. The smallest absolute Gasteiger partial charge is 0.251 e. The van der Waals surface area contributed by atoms with Gasteiger partial charge in [-0.3, -0.25) is 9.79 Å². The number of hydrogen-bond acceptors (Lipinski definition) is 4. The van der Waals surface area contributed by atoms with E-state index in [-0.39, 0.29) is 5.91 Å². The van der Waals surface area contributed by atoms with Crippen molar-refractivity contribution in [2.45, 2.75) is 13.3 Å². The molecule has 0 bridgehead atoms. The van der Waals surface area contributed by atoms with Crippen molar-refractivity contribution in [3.05, 3.63) is 57.7 Å². The van der Waals surface area contributed by atoms with E-state index in [0.29, 0.717) is 41.1 Å². The lowest BCUT2D eigenvalue weighted by Crippen LogP contribution is -2.39. The number of nitrogens with zero attached hydrogens (tertiary/aromatic N) is 2. The third-order valence-electron chi connectivity index (χ3n) is 3.95. The summed E-state index contributed by atoms with van der Waals surface area (Å²) in [6, 6.07) is 9.22. The van der Waals surface area contributed by atoms with Gasteiger partial charge in [-0.2, -0.15) is 0 Å². The van der Waals surface area contributed by atoms with Gasteiger partial charge in [0.25, 0.3) is 5.91 Å². The largest absolute Gasteiger partial charge is 0.367 e. The molecule has 0 aliphatic rings. The lowest BCUT2D eigenvalue weighted by atomic mass is 10.1. The maximum atomic E-state index is 11.7. The maximum Gasteiger partial charge on any atom is 0.251 e. The lowest BCUT2D eigenvalue weighted by Gasteiger charge is -2.12. The molecule has 1 amide bonds. The highest BCUT2D eigenvalue weighted by Gasteiger charge is 2.04. The third-order valence-corrected chi connectivity index (χ3v) is 4.44. The number of halogens is 2. The normalized spacial score (nSPS) is 11.1. The molecule has 0 saturated carbocycles. The minimum atomic E-state index is -0.0897. The van der Waals surface area contributed by atoms with Gasteiger partial charge in [0, 0.05) is 45.0 Å². The highest BCUT2D eigenvalue weighted by Crippen LogP contribution is 2.21. The van der Waals surface area contributed by atoms with Gasteiger partial charge in [0.15, 0.2) is 5.96 Å². The molecule has 1 heterocycles. The SMILES string of the molecule is CCNC(=NCCc1cccc(C(=O)NC)c1)NCCNc1ncc(Cl)cc1Cl. The van der Waals surface area contributed by atoms with Gasteiger partial charge in [-0.25, -0.2) is 4.98 Å². The lowest BCUT2D eigenvalue weighted by molar-refractivity contribution is 0.0963. The van der Waals surface area contributed by atoms with Crippen molar-refractivity contribution >= 4 is 40.9 Å². The fourth-order valence-corrected chi connectivity index (χ4v) is 3.00. The number of aromatic nitrogens is 1. The Morgan fingerprint density at radius 2 is 2.00 bits per heavy atom. The van der Waals surface area contributed by atoms with E-state index in [1.54, 1.807) is 25.4 Å². The van der Waals surface area contributed by atoms with E-state index in [9.17, 15) is 4.79 Å². The van der Waals surface area contributed by atoms with Crippen LogP contribution in [0.2, 0.25) is 10.0 Å². The van der Waals surface area contributed by atoms with Crippen molar-refractivity contribution in [2.24, 2.45) is 4.99 Å². The molecule has 0 atom stereocenters. The molecule has 156 valence electrons. The maximum absolute atomic E-state index is 11.7. The first-order chi connectivity index (χ1) is 14.0. The summed E-state index contributed by atoms with van der Waals surface area (Å²) in [6.45, 7) is 4.63. The van der Waals surface area contributed by atoms with E-state index in [4.69, 9.17) is 23.2 Å². The topological polar surface area (TPSA) is 90.4 Å². The van der Waals surface area contributed by atoms with Gasteiger partial charge in [-0.1, -0.05) is 35.3 Å². The second-order valence-electron chi connectivity index (χ2n) is 6.13. The molecule has 0 radical (unpaired) electrons. The van der Waals surface area contributed by atoms with E-state index in [2.05, 4.69) is 31.2 Å². The first-order valence-electron chi connectivity index (χ1n) is 9.41. The summed E-state index contributed by atoms with van der Waals surface area (Å²) < 4.78 is 0. The van der Waals surface area contributed by atoms with Crippen LogP contribution in [0.1, 0.15) is 22.8 Å². The van der Waals surface area contributed by atoms with Crippen LogP contribution in [-0.2, 0) is 6.42 Å². The molecular formula is C20H26Cl2N6O. The van der Waals surface area contributed by atoms with E-state index in [1.165, 1.54) is 0 Å². The van der Waals surface area contributed by atoms with Crippen LogP contribution >= 0.6 is 23.2 Å². The fourth-order valence-electron chi connectivity index (χ4n) is 2.56. The van der Waals surface area contributed by atoms with E-state index < -0.39 is 0 Å². The molecular weight excluding hydrogens is 411 g/mol. The number of hydrogen-bond donors (Lipinski definition) is 4. The summed E-state index contributed by atoms with van der Waals surface area (Å²) in [5.41, 5.74) is 1.72. The van der Waals surface area contributed by atoms with Crippen LogP contribution in [0.5, 0.6) is 0 Å². The molecule has 2 aromatic rings. The van der Waals surface area contributed by atoms with Crippen molar-refractivity contribution in [1.29, 1.82) is 0 Å². The van der Waals surface area contributed by atoms with E-state index in [1.807, 2.05) is 25.1 Å². The van der Waals surface area contributed by atoms with Crippen LogP contribution < -0.4 is 21.3 Å². The van der Waals surface area contributed by atoms with Crippen LogP contribution in [-0.4, -0.2) is 50.1 Å². The van der Waals surface area contributed by atoms with Crippen molar-refractivity contribution in [1.82, 2.24) is 20.9 Å². The summed E-state index contributed by atoms with van der Waals surface area (Å²) >= 11 is 11.9. The number of carbonyl (C=O) groups is 1. The van der Waals surface area contributed by atoms with Gasteiger partial charge < -0.3 is 21.3 Å². The fraction of sp³-hybridized carbons (Fsp3) is 0.350.